The maximum Gasteiger partial charge on any atom is 0.419 e. The topological polar surface area (TPSA) is 86.6 Å². The number of nitrogens with zero attached hydrogens (tertiary/aromatic N) is 5. The van der Waals surface area contributed by atoms with Gasteiger partial charge in [-0.05, 0) is 61.4 Å². The Kier molecular flexibility index (Phi) is 6.97. The van der Waals surface area contributed by atoms with Crippen molar-refractivity contribution in [3.63, 3.8) is 0 Å². The first-order valence-corrected chi connectivity index (χ1v) is 15.8. The van der Waals surface area contributed by atoms with E-state index in [1.165, 1.54) is 12.1 Å². The van der Waals surface area contributed by atoms with Gasteiger partial charge in [-0.25, -0.2) is 8.78 Å². The number of hydrogen-bond donors (Lipinski definition) is 2. The van der Waals surface area contributed by atoms with Gasteiger partial charge in [0.1, 0.15) is 35.4 Å². The van der Waals surface area contributed by atoms with Crippen molar-refractivity contribution in [1.29, 1.82) is 0 Å². The summed E-state index contributed by atoms with van der Waals surface area (Å²) >= 11 is 0. The number of aromatic hydroxyl groups is 1. The number of phenolic OH excluding ortho intramolecular Hbond substituents is 1. The first-order chi connectivity index (χ1) is 22.5. The van der Waals surface area contributed by atoms with Crippen molar-refractivity contribution in [2.24, 2.45) is 0 Å². The number of fused-ring (bicyclic) bond motifs is 5. The average Bonchev–Trinajstić information content (AvgIpc) is 3.68. The molecule has 0 amide bonds. The highest BCUT2D eigenvalue weighted by Crippen LogP contribution is 2.46. The van der Waals surface area contributed by atoms with E-state index in [0.717, 1.165) is 44.1 Å². The molecule has 4 aliphatic rings. The average molecular weight is 651 g/mol. The number of halogens is 5. The lowest BCUT2D eigenvalue weighted by molar-refractivity contribution is -0.136. The molecular weight excluding hydrogens is 619 g/mol. The third-order valence-corrected chi connectivity index (χ3v) is 10.2. The van der Waals surface area contributed by atoms with Gasteiger partial charge in [0.2, 0.25) is 0 Å². The van der Waals surface area contributed by atoms with Gasteiger partial charge in [-0.3, -0.25) is 9.88 Å². The molecule has 0 aliphatic carbocycles. The maximum absolute atomic E-state index is 15.3. The fourth-order valence-corrected chi connectivity index (χ4v) is 8.21. The molecule has 4 atom stereocenters. The molecule has 4 fully saturated rings. The Morgan fingerprint density at radius 3 is 2.62 bits per heavy atom. The van der Waals surface area contributed by atoms with E-state index in [2.05, 4.69) is 26.2 Å². The minimum atomic E-state index is -4.98. The molecule has 2 aromatic heterocycles. The molecule has 2 N–H and O–H groups in total. The highest BCUT2D eigenvalue weighted by molar-refractivity contribution is 6.04. The Morgan fingerprint density at radius 2 is 1.87 bits per heavy atom. The van der Waals surface area contributed by atoms with Gasteiger partial charge in [-0.1, -0.05) is 12.0 Å². The number of piperazine rings is 1. The van der Waals surface area contributed by atoms with Gasteiger partial charge in [0.25, 0.3) is 0 Å². The number of aromatic nitrogens is 3. The van der Waals surface area contributed by atoms with Gasteiger partial charge in [-0.2, -0.15) is 23.1 Å². The second-order valence-electron chi connectivity index (χ2n) is 13.1. The number of benzene rings is 2. The Hall–Kier alpha value is -4.28. The van der Waals surface area contributed by atoms with E-state index in [1.54, 1.807) is 0 Å². The van der Waals surface area contributed by atoms with E-state index in [0.29, 0.717) is 26.1 Å². The van der Waals surface area contributed by atoms with Crippen LogP contribution < -0.4 is 15.0 Å². The van der Waals surface area contributed by atoms with Crippen molar-refractivity contribution >= 4 is 27.6 Å². The molecule has 6 heterocycles. The zero-order chi connectivity index (χ0) is 32.7. The molecule has 4 aliphatic heterocycles. The lowest BCUT2D eigenvalue weighted by atomic mass is 9.91. The zero-order valence-electron chi connectivity index (χ0n) is 25.2. The monoisotopic (exact) mass is 650 g/mol. The Balaban J connectivity index is 1.34. The Morgan fingerprint density at radius 1 is 1.09 bits per heavy atom. The van der Waals surface area contributed by atoms with Crippen LogP contribution in [0.4, 0.5) is 27.8 Å². The van der Waals surface area contributed by atoms with Crippen LogP contribution in [0.3, 0.4) is 0 Å². The molecule has 3 unspecified atom stereocenters. The Bertz CT molecular complexity index is 1950. The number of hydrogen-bond acceptors (Lipinski definition) is 8. The number of alkyl halides is 4. The summed E-state index contributed by atoms with van der Waals surface area (Å²) in [6.45, 7) is 2.06. The van der Waals surface area contributed by atoms with Crippen LogP contribution in [0, 0.1) is 18.2 Å². The SMILES string of the molecule is C#Cc1c(F)ccc2cc(O)cc(-c3cnc4c(N5CC6CCC(C5)N6)nc(OCC56CCCN5C[C@H](F)C6)nc4c3C(F)(F)F)c12. The Labute approximate surface area is 266 Å². The number of ether oxygens (including phenoxy) is 1. The predicted molar refractivity (Wildman–Crippen MR) is 166 cm³/mol. The van der Waals surface area contributed by atoms with Crippen molar-refractivity contribution in [3.8, 4) is 35.2 Å². The third-order valence-electron chi connectivity index (χ3n) is 10.2. The lowest BCUT2D eigenvalue weighted by Gasteiger charge is -2.34. The smallest absolute Gasteiger partial charge is 0.419 e. The number of phenols is 1. The largest absolute Gasteiger partial charge is 0.508 e. The fourth-order valence-electron chi connectivity index (χ4n) is 8.21. The molecule has 47 heavy (non-hydrogen) atoms. The van der Waals surface area contributed by atoms with E-state index in [-0.39, 0.29) is 70.1 Å². The highest BCUT2D eigenvalue weighted by atomic mass is 19.4. The predicted octanol–water partition coefficient (Wildman–Crippen LogP) is 5.59. The van der Waals surface area contributed by atoms with Crippen LogP contribution in [0.2, 0.25) is 0 Å². The first kappa shape index (κ1) is 30.1. The van der Waals surface area contributed by atoms with Crippen LogP contribution in [0.25, 0.3) is 32.9 Å². The summed E-state index contributed by atoms with van der Waals surface area (Å²) in [5.74, 6) is 1.35. The minimum Gasteiger partial charge on any atom is -0.508 e. The van der Waals surface area contributed by atoms with Gasteiger partial charge in [0.15, 0.2) is 5.82 Å². The van der Waals surface area contributed by atoms with Crippen molar-refractivity contribution in [2.45, 2.75) is 62.1 Å². The van der Waals surface area contributed by atoms with E-state index < -0.39 is 40.3 Å². The molecule has 0 saturated carbocycles. The van der Waals surface area contributed by atoms with Gasteiger partial charge in [0.05, 0.1) is 16.7 Å². The maximum atomic E-state index is 15.3. The molecule has 2 aromatic carbocycles. The standard InChI is InChI=1S/C34H31F5N6O2/c1-2-23-26(36)7-4-18-10-22(46)11-24(27(18)23)25-13-40-30-29(28(25)34(37,38)39)42-32(43-31(30)44-15-20-5-6-21(16-44)41-20)47-17-33-8-3-9-45(33)14-19(35)12-33/h1,4,7,10-11,13,19-21,41,46H,3,5-6,8-9,12,14-17H2/t19-,20?,21?,33?/m1/s1. The second kappa shape index (κ2) is 10.9. The van der Waals surface area contributed by atoms with Crippen LogP contribution in [-0.2, 0) is 6.18 Å². The number of nitrogens with one attached hydrogen (secondary N) is 1. The van der Waals surface area contributed by atoms with Crippen LogP contribution in [0.5, 0.6) is 11.8 Å². The van der Waals surface area contributed by atoms with Crippen molar-refractivity contribution in [2.75, 3.05) is 37.7 Å². The summed E-state index contributed by atoms with van der Waals surface area (Å²) in [4.78, 5) is 17.5. The van der Waals surface area contributed by atoms with Crippen LogP contribution in [0.1, 0.15) is 43.2 Å². The zero-order valence-corrected chi connectivity index (χ0v) is 25.2. The van der Waals surface area contributed by atoms with E-state index in [1.807, 2.05) is 9.80 Å². The van der Waals surface area contributed by atoms with Crippen LogP contribution in [0.15, 0.2) is 30.5 Å². The summed E-state index contributed by atoms with van der Waals surface area (Å²) in [5.41, 5.74) is -3.08. The molecule has 8 rings (SSSR count). The van der Waals surface area contributed by atoms with E-state index in [4.69, 9.17) is 11.2 Å². The normalized spacial score (nSPS) is 25.9. The third kappa shape index (κ3) is 5.00. The van der Waals surface area contributed by atoms with Gasteiger partial charge in [-0.15, -0.1) is 6.42 Å². The molecule has 0 radical (unpaired) electrons. The van der Waals surface area contributed by atoms with Crippen molar-refractivity contribution in [3.05, 3.63) is 47.4 Å². The highest BCUT2D eigenvalue weighted by Gasteiger charge is 2.49. The molecule has 244 valence electrons. The quantitative estimate of drug-likeness (QED) is 0.214. The van der Waals surface area contributed by atoms with Gasteiger partial charge < -0.3 is 20.1 Å². The van der Waals surface area contributed by atoms with E-state index >= 15 is 13.2 Å². The minimum absolute atomic E-state index is 0.0294. The number of anilines is 1. The van der Waals surface area contributed by atoms with Crippen LogP contribution in [-0.4, -0.2) is 81.5 Å². The second-order valence-corrected chi connectivity index (χ2v) is 13.1. The molecule has 4 aromatic rings. The summed E-state index contributed by atoms with van der Waals surface area (Å²) in [6, 6.07) is 4.91. The summed E-state index contributed by atoms with van der Waals surface area (Å²) in [7, 11) is 0. The molecule has 0 spiro atoms. The summed E-state index contributed by atoms with van der Waals surface area (Å²) < 4.78 is 81.5. The van der Waals surface area contributed by atoms with E-state index in [9.17, 15) is 13.9 Å². The molecular formula is C34H31F5N6O2. The molecule has 2 bridgehead atoms. The fraction of sp³-hybridized carbons (Fsp3) is 0.441. The lowest BCUT2D eigenvalue weighted by Crippen LogP contribution is -2.51. The molecule has 13 heteroatoms. The number of rotatable bonds is 5. The van der Waals surface area contributed by atoms with Crippen molar-refractivity contribution in [1.82, 2.24) is 25.2 Å². The van der Waals surface area contributed by atoms with Gasteiger partial charge in [0, 0.05) is 55.3 Å². The van der Waals surface area contributed by atoms with Gasteiger partial charge >= 0.3 is 12.2 Å². The number of pyridine rings is 1. The first-order valence-electron chi connectivity index (χ1n) is 15.8. The molecule has 8 nitrogen and oxygen atoms in total. The number of terminal acetylenes is 1. The summed E-state index contributed by atoms with van der Waals surface area (Å²) in [5, 5.41) is 14.4. The van der Waals surface area contributed by atoms with Crippen LogP contribution >= 0.6 is 0 Å². The molecule has 4 saturated heterocycles. The summed E-state index contributed by atoms with van der Waals surface area (Å²) in [6.07, 6.45) is 4.41. The van der Waals surface area contributed by atoms with Crippen molar-refractivity contribution < 1.29 is 31.8 Å².